The second-order valence-corrected chi connectivity index (χ2v) is 7.59. The second kappa shape index (κ2) is 7.77. The molecule has 0 amide bonds. The minimum absolute atomic E-state index is 0.125. The molecule has 0 spiro atoms. The summed E-state index contributed by atoms with van der Waals surface area (Å²) in [6.07, 6.45) is 1.73. The average Bonchev–Trinajstić information content (AvgIpc) is 3.34. The van der Waals surface area contributed by atoms with Crippen LogP contribution < -0.4 is 0 Å². The van der Waals surface area contributed by atoms with Crippen LogP contribution in [0.5, 0.6) is 0 Å². The molecule has 0 N–H and O–H groups in total. The molecule has 0 saturated heterocycles. The van der Waals surface area contributed by atoms with E-state index in [4.69, 9.17) is 4.74 Å². The summed E-state index contributed by atoms with van der Waals surface area (Å²) in [7, 11) is 0. The summed E-state index contributed by atoms with van der Waals surface area (Å²) >= 11 is 2.82. The number of benzene rings is 1. The number of hydrogen-bond donors (Lipinski definition) is 0. The standard InChI is InChI=1S/C20H15N3O2S2/c1-13-17(27-18(22-13)14-7-3-2-4-8-14)20(24)25-11-15-12-26-19(23-15)16-9-5-6-10-21-16/h2-10,12H,11H2,1H3. The fourth-order valence-corrected chi connectivity index (χ4v) is 4.22. The van der Waals surface area contributed by atoms with Gasteiger partial charge in [0, 0.05) is 17.1 Å². The van der Waals surface area contributed by atoms with Crippen LogP contribution in [0.15, 0.2) is 60.1 Å². The van der Waals surface area contributed by atoms with Crippen LogP contribution in [-0.4, -0.2) is 20.9 Å². The van der Waals surface area contributed by atoms with Gasteiger partial charge in [-0.15, -0.1) is 22.7 Å². The Morgan fingerprint density at radius 1 is 1.04 bits per heavy atom. The maximum atomic E-state index is 12.5. The van der Waals surface area contributed by atoms with Crippen molar-refractivity contribution in [1.82, 2.24) is 15.0 Å². The predicted octanol–water partition coefficient (Wildman–Crippen LogP) is 4.99. The predicted molar refractivity (Wildman–Crippen MR) is 107 cm³/mol. The molecule has 4 aromatic rings. The number of carbonyl (C=O) groups excluding carboxylic acids is 1. The minimum atomic E-state index is -0.375. The molecule has 134 valence electrons. The highest BCUT2D eigenvalue weighted by Crippen LogP contribution is 2.28. The summed E-state index contributed by atoms with van der Waals surface area (Å²) in [4.78, 5) is 26.3. The van der Waals surface area contributed by atoms with Gasteiger partial charge in [-0.3, -0.25) is 4.98 Å². The first kappa shape index (κ1) is 17.5. The second-order valence-electron chi connectivity index (χ2n) is 5.73. The summed E-state index contributed by atoms with van der Waals surface area (Å²) < 4.78 is 5.45. The molecule has 0 bridgehead atoms. The zero-order chi connectivity index (χ0) is 18.6. The van der Waals surface area contributed by atoms with Gasteiger partial charge in [0.2, 0.25) is 0 Å². The summed E-state index contributed by atoms with van der Waals surface area (Å²) in [5, 5.41) is 3.50. The van der Waals surface area contributed by atoms with Crippen molar-refractivity contribution in [2.75, 3.05) is 0 Å². The monoisotopic (exact) mass is 393 g/mol. The van der Waals surface area contributed by atoms with Gasteiger partial charge in [0.05, 0.1) is 17.1 Å². The SMILES string of the molecule is Cc1nc(-c2ccccc2)sc1C(=O)OCc1csc(-c2ccccn2)n1. The van der Waals surface area contributed by atoms with Crippen molar-refractivity contribution >= 4 is 28.6 Å². The van der Waals surface area contributed by atoms with E-state index in [1.807, 2.05) is 60.8 Å². The molecule has 0 saturated carbocycles. The van der Waals surface area contributed by atoms with Crippen LogP contribution >= 0.6 is 22.7 Å². The van der Waals surface area contributed by atoms with E-state index in [0.717, 1.165) is 21.3 Å². The number of rotatable bonds is 5. The van der Waals surface area contributed by atoms with Gasteiger partial charge in [0.15, 0.2) is 0 Å². The Kier molecular flexibility index (Phi) is 5.04. The highest BCUT2D eigenvalue weighted by molar-refractivity contribution is 7.17. The van der Waals surface area contributed by atoms with Crippen LogP contribution in [0, 0.1) is 6.92 Å². The average molecular weight is 393 g/mol. The molecule has 0 atom stereocenters. The van der Waals surface area contributed by atoms with E-state index in [2.05, 4.69) is 15.0 Å². The molecule has 0 unspecified atom stereocenters. The number of ether oxygens (including phenoxy) is 1. The van der Waals surface area contributed by atoms with E-state index in [9.17, 15) is 4.79 Å². The topological polar surface area (TPSA) is 65.0 Å². The van der Waals surface area contributed by atoms with Gasteiger partial charge >= 0.3 is 5.97 Å². The molecule has 3 heterocycles. The number of esters is 1. The van der Waals surface area contributed by atoms with E-state index in [1.54, 1.807) is 6.20 Å². The smallest absolute Gasteiger partial charge is 0.350 e. The molecule has 0 radical (unpaired) electrons. The fraction of sp³-hybridized carbons (Fsp3) is 0.100. The Balaban J connectivity index is 1.45. The Bertz CT molecular complexity index is 1060. The Morgan fingerprint density at radius 3 is 2.63 bits per heavy atom. The number of hydrogen-bond acceptors (Lipinski definition) is 7. The van der Waals surface area contributed by atoms with Crippen molar-refractivity contribution in [3.63, 3.8) is 0 Å². The van der Waals surface area contributed by atoms with Crippen molar-refractivity contribution in [2.45, 2.75) is 13.5 Å². The van der Waals surface area contributed by atoms with E-state index in [-0.39, 0.29) is 12.6 Å². The van der Waals surface area contributed by atoms with E-state index in [1.165, 1.54) is 22.7 Å². The fourth-order valence-electron chi connectivity index (χ4n) is 2.48. The molecule has 4 rings (SSSR count). The van der Waals surface area contributed by atoms with Crippen LogP contribution in [0.4, 0.5) is 0 Å². The van der Waals surface area contributed by atoms with Crippen molar-refractivity contribution in [2.24, 2.45) is 0 Å². The van der Waals surface area contributed by atoms with Crippen LogP contribution in [0.3, 0.4) is 0 Å². The van der Waals surface area contributed by atoms with Crippen molar-refractivity contribution in [3.8, 4) is 21.3 Å². The van der Waals surface area contributed by atoms with Gasteiger partial charge in [0.1, 0.15) is 21.5 Å². The van der Waals surface area contributed by atoms with Crippen molar-refractivity contribution < 1.29 is 9.53 Å². The third kappa shape index (κ3) is 3.94. The largest absolute Gasteiger partial charge is 0.455 e. The lowest BCUT2D eigenvalue weighted by Gasteiger charge is -2.01. The van der Waals surface area contributed by atoms with Gasteiger partial charge in [0.25, 0.3) is 0 Å². The molecule has 1 aromatic carbocycles. The molecular weight excluding hydrogens is 378 g/mol. The Labute approximate surface area is 164 Å². The maximum absolute atomic E-state index is 12.5. The lowest BCUT2D eigenvalue weighted by Crippen LogP contribution is -2.05. The lowest BCUT2D eigenvalue weighted by molar-refractivity contribution is 0.0473. The summed E-state index contributed by atoms with van der Waals surface area (Å²) in [5.41, 5.74) is 3.19. The van der Waals surface area contributed by atoms with Gasteiger partial charge < -0.3 is 4.74 Å². The molecule has 7 heteroatoms. The number of thiazole rings is 2. The third-order valence-corrected chi connectivity index (χ3v) is 5.89. The molecule has 0 aliphatic carbocycles. The molecular formula is C20H15N3O2S2. The first-order chi connectivity index (χ1) is 13.2. The highest BCUT2D eigenvalue weighted by Gasteiger charge is 2.18. The van der Waals surface area contributed by atoms with Crippen molar-refractivity contribution in [3.05, 3.63) is 76.4 Å². The van der Waals surface area contributed by atoms with E-state index in [0.29, 0.717) is 16.3 Å². The van der Waals surface area contributed by atoms with Gasteiger partial charge in [-0.25, -0.2) is 14.8 Å². The number of aromatic nitrogens is 3. The van der Waals surface area contributed by atoms with Crippen molar-refractivity contribution in [1.29, 1.82) is 0 Å². The van der Waals surface area contributed by atoms with Gasteiger partial charge in [-0.05, 0) is 19.1 Å². The first-order valence-corrected chi connectivity index (χ1v) is 9.96. The Morgan fingerprint density at radius 2 is 1.85 bits per heavy atom. The molecule has 27 heavy (non-hydrogen) atoms. The van der Waals surface area contributed by atoms with Gasteiger partial charge in [-0.2, -0.15) is 0 Å². The summed E-state index contributed by atoms with van der Waals surface area (Å²) in [6.45, 7) is 1.95. The highest BCUT2D eigenvalue weighted by atomic mass is 32.1. The maximum Gasteiger partial charge on any atom is 0.350 e. The normalized spacial score (nSPS) is 10.7. The van der Waals surface area contributed by atoms with E-state index < -0.39 is 0 Å². The number of pyridine rings is 1. The number of nitrogens with zero attached hydrogens (tertiary/aromatic N) is 3. The molecule has 3 aromatic heterocycles. The molecule has 0 aliphatic heterocycles. The molecule has 0 aliphatic rings. The summed E-state index contributed by atoms with van der Waals surface area (Å²) in [5.74, 6) is -0.375. The minimum Gasteiger partial charge on any atom is -0.455 e. The first-order valence-electron chi connectivity index (χ1n) is 8.26. The zero-order valence-electron chi connectivity index (χ0n) is 14.5. The lowest BCUT2D eigenvalue weighted by atomic mass is 10.2. The van der Waals surface area contributed by atoms with Crippen LogP contribution in [-0.2, 0) is 11.3 Å². The summed E-state index contributed by atoms with van der Waals surface area (Å²) in [6, 6.07) is 15.5. The third-order valence-electron chi connectivity index (χ3n) is 3.79. The van der Waals surface area contributed by atoms with Crippen LogP contribution in [0.1, 0.15) is 21.1 Å². The molecule has 0 fully saturated rings. The van der Waals surface area contributed by atoms with E-state index >= 15 is 0 Å². The zero-order valence-corrected chi connectivity index (χ0v) is 16.1. The number of carbonyl (C=O) groups is 1. The molecule has 5 nitrogen and oxygen atoms in total. The quantitative estimate of drug-likeness (QED) is 0.447. The van der Waals surface area contributed by atoms with Gasteiger partial charge in [-0.1, -0.05) is 36.4 Å². The number of aryl methyl sites for hydroxylation is 1. The van der Waals surface area contributed by atoms with Crippen LogP contribution in [0.2, 0.25) is 0 Å². The van der Waals surface area contributed by atoms with Crippen LogP contribution in [0.25, 0.3) is 21.3 Å². The Hall–Kier alpha value is -2.90.